The summed E-state index contributed by atoms with van der Waals surface area (Å²) in [5, 5.41) is 19.5. The van der Waals surface area contributed by atoms with E-state index < -0.39 is 0 Å². The SMILES string of the molecule is CCCCc1cc(O)c(O)c(CC)c1CC. The third-order valence-corrected chi connectivity index (χ3v) is 3.10. The van der Waals surface area contributed by atoms with Crippen molar-refractivity contribution < 1.29 is 10.2 Å². The molecule has 2 N–H and O–H groups in total. The third-order valence-electron chi connectivity index (χ3n) is 3.10. The van der Waals surface area contributed by atoms with Crippen LogP contribution in [0.15, 0.2) is 6.07 Å². The van der Waals surface area contributed by atoms with Crippen LogP contribution in [0, 0.1) is 0 Å². The Morgan fingerprint density at radius 1 is 1.00 bits per heavy atom. The first kappa shape index (κ1) is 12.9. The fourth-order valence-corrected chi connectivity index (χ4v) is 2.22. The molecule has 1 aromatic carbocycles. The number of hydrogen-bond acceptors (Lipinski definition) is 2. The number of hydrogen-bond donors (Lipinski definition) is 2. The monoisotopic (exact) mass is 222 g/mol. The summed E-state index contributed by atoms with van der Waals surface area (Å²) in [6.45, 7) is 6.27. The van der Waals surface area contributed by atoms with E-state index in [0.29, 0.717) is 0 Å². The molecule has 0 fully saturated rings. The molecule has 0 spiro atoms. The summed E-state index contributed by atoms with van der Waals surface area (Å²) in [6.07, 6.45) is 4.94. The van der Waals surface area contributed by atoms with Gasteiger partial charge in [-0.2, -0.15) is 0 Å². The molecule has 0 aliphatic rings. The Labute approximate surface area is 97.9 Å². The number of benzene rings is 1. The molecule has 0 unspecified atom stereocenters. The average molecular weight is 222 g/mol. The van der Waals surface area contributed by atoms with Gasteiger partial charge in [-0.3, -0.25) is 0 Å². The second-order valence-corrected chi connectivity index (χ2v) is 4.17. The zero-order chi connectivity index (χ0) is 12.1. The van der Waals surface area contributed by atoms with Gasteiger partial charge in [0.25, 0.3) is 0 Å². The molecule has 0 heterocycles. The fraction of sp³-hybridized carbons (Fsp3) is 0.571. The van der Waals surface area contributed by atoms with Crippen molar-refractivity contribution in [2.75, 3.05) is 0 Å². The summed E-state index contributed by atoms with van der Waals surface area (Å²) in [5.74, 6) is 0.0970. The molecule has 0 atom stereocenters. The van der Waals surface area contributed by atoms with Crippen molar-refractivity contribution in [1.29, 1.82) is 0 Å². The average Bonchev–Trinajstić information content (AvgIpc) is 2.29. The van der Waals surface area contributed by atoms with Gasteiger partial charge in [-0.1, -0.05) is 27.2 Å². The molecule has 0 bridgehead atoms. The standard InChI is InChI=1S/C14H22O2/c1-4-7-8-10-9-13(15)14(16)12(6-3)11(10)5-2/h9,15-16H,4-8H2,1-3H3. The fourth-order valence-electron chi connectivity index (χ4n) is 2.22. The highest BCUT2D eigenvalue weighted by Gasteiger charge is 2.14. The van der Waals surface area contributed by atoms with Crippen LogP contribution in [0.5, 0.6) is 11.5 Å². The van der Waals surface area contributed by atoms with Gasteiger partial charge in [-0.05, 0) is 42.9 Å². The number of phenols is 2. The lowest BCUT2D eigenvalue weighted by Gasteiger charge is -2.15. The lowest BCUT2D eigenvalue weighted by Crippen LogP contribution is -1.99. The van der Waals surface area contributed by atoms with Crippen LogP contribution in [0.2, 0.25) is 0 Å². The van der Waals surface area contributed by atoms with Crippen molar-refractivity contribution in [1.82, 2.24) is 0 Å². The summed E-state index contributed by atoms with van der Waals surface area (Å²) in [6, 6.07) is 1.73. The van der Waals surface area contributed by atoms with E-state index in [1.165, 1.54) is 11.1 Å². The topological polar surface area (TPSA) is 40.5 Å². The quantitative estimate of drug-likeness (QED) is 0.748. The lowest BCUT2D eigenvalue weighted by atomic mass is 9.93. The molecule has 0 radical (unpaired) electrons. The number of rotatable bonds is 5. The van der Waals surface area contributed by atoms with E-state index in [9.17, 15) is 10.2 Å². The molecular weight excluding hydrogens is 200 g/mol. The molecule has 0 aliphatic carbocycles. The lowest BCUT2D eigenvalue weighted by molar-refractivity contribution is 0.398. The molecule has 1 rings (SSSR count). The molecule has 0 aliphatic heterocycles. The van der Waals surface area contributed by atoms with E-state index in [2.05, 4.69) is 13.8 Å². The van der Waals surface area contributed by atoms with Crippen LogP contribution < -0.4 is 0 Å². The van der Waals surface area contributed by atoms with E-state index >= 15 is 0 Å². The van der Waals surface area contributed by atoms with E-state index in [1.54, 1.807) is 6.07 Å². The van der Waals surface area contributed by atoms with Gasteiger partial charge in [0.2, 0.25) is 0 Å². The van der Waals surface area contributed by atoms with Crippen molar-refractivity contribution in [3.05, 3.63) is 22.8 Å². The third kappa shape index (κ3) is 2.49. The van der Waals surface area contributed by atoms with Crippen LogP contribution in [0.25, 0.3) is 0 Å². The highest BCUT2D eigenvalue weighted by molar-refractivity contribution is 5.53. The van der Waals surface area contributed by atoms with E-state index in [1.807, 2.05) is 6.92 Å². The van der Waals surface area contributed by atoms with E-state index in [-0.39, 0.29) is 11.5 Å². The zero-order valence-corrected chi connectivity index (χ0v) is 10.5. The smallest absolute Gasteiger partial charge is 0.160 e. The Kier molecular flexibility index (Phi) is 4.66. The Bertz CT molecular complexity index is 356. The minimum atomic E-state index is 0.0279. The number of aromatic hydroxyl groups is 2. The van der Waals surface area contributed by atoms with Crippen LogP contribution in [0.4, 0.5) is 0 Å². The minimum Gasteiger partial charge on any atom is -0.504 e. The van der Waals surface area contributed by atoms with Crippen LogP contribution in [0.3, 0.4) is 0 Å². The second-order valence-electron chi connectivity index (χ2n) is 4.17. The highest BCUT2D eigenvalue weighted by atomic mass is 16.3. The highest BCUT2D eigenvalue weighted by Crippen LogP contribution is 2.35. The summed E-state index contributed by atoms with van der Waals surface area (Å²) in [5.41, 5.74) is 3.32. The maximum atomic E-state index is 9.81. The second kappa shape index (κ2) is 5.78. The summed E-state index contributed by atoms with van der Waals surface area (Å²) in [7, 11) is 0. The number of unbranched alkanes of at least 4 members (excludes halogenated alkanes) is 1. The molecule has 0 amide bonds. The molecule has 0 saturated heterocycles. The molecule has 2 heteroatoms. The van der Waals surface area contributed by atoms with Crippen molar-refractivity contribution in [2.24, 2.45) is 0 Å². The van der Waals surface area contributed by atoms with Gasteiger partial charge in [0.05, 0.1) is 0 Å². The first-order valence-electron chi connectivity index (χ1n) is 6.21. The van der Waals surface area contributed by atoms with Crippen molar-refractivity contribution in [2.45, 2.75) is 52.9 Å². The molecule has 1 aromatic rings. The van der Waals surface area contributed by atoms with Crippen molar-refractivity contribution in [3.8, 4) is 11.5 Å². The largest absolute Gasteiger partial charge is 0.504 e. The Morgan fingerprint density at radius 3 is 2.12 bits per heavy atom. The van der Waals surface area contributed by atoms with Gasteiger partial charge in [-0.25, -0.2) is 0 Å². The van der Waals surface area contributed by atoms with Gasteiger partial charge in [0, 0.05) is 5.56 Å². The van der Waals surface area contributed by atoms with Gasteiger partial charge >= 0.3 is 0 Å². The summed E-state index contributed by atoms with van der Waals surface area (Å²) < 4.78 is 0. The molecule has 0 saturated carbocycles. The minimum absolute atomic E-state index is 0.0279. The normalized spacial score (nSPS) is 10.7. The van der Waals surface area contributed by atoms with Gasteiger partial charge < -0.3 is 10.2 Å². The first-order valence-corrected chi connectivity index (χ1v) is 6.21. The van der Waals surface area contributed by atoms with Gasteiger partial charge in [0.1, 0.15) is 0 Å². The van der Waals surface area contributed by atoms with Crippen LogP contribution in [0.1, 0.15) is 50.3 Å². The molecule has 90 valence electrons. The Morgan fingerprint density at radius 2 is 1.62 bits per heavy atom. The van der Waals surface area contributed by atoms with Crippen LogP contribution >= 0.6 is 0 Å². The molecule has 0 aromatic heterocycles. The number of phenolic OH excluding ortho intramolecular Hbond substituents is 2. The maximum absolute atomic E-state index is 9.81. The predicted molar refractivity (Wildman–Crippen MR) is 67.1 cm³/mol. The summed E-state index contributed by atoms with van der Waals surface area (Å²) >= 11 is 0. The molecule has 2 nitrogen and oxygen atoms in total. The number of aryl methyl sites for hydroxylation is 1. The molecular formula is C14H22O2. The Hall–Kier alpha value is -1.18. The van der Waals surface area contributed by atoms with E-state index in [4.69, 9.17) is 0 Å². The predicted octanol–water partition coefficient (Wildman–Crippen LogP) is 3.57. The van der Waals surface area contributed by atoms with E-state index in [0.717, 1.165) is 37.7 Å². The summed E-state index contributed by atoms with van der Waals surface area (Å²) in [4.78, 5) is 0. The van der Waals surface area contributed by atoms with Crippen LogP contribution in [-0.2, 0) is 19.3 Å². The van der Waals surface area contributed by atoms with Gasteiger partial charge in [0.15, 0.2) is 11.5 Å². The first-order chi connectivity index (χ1) is 7.65. The van der Waals surface area contributed by atoms with Gasteiger partial charge in [-0.15, -0.1) is 0 Å². The zero-order valence-electron chi connectivity index (χ0n) is 10.5. The molecule has 16 heavy (non-hydrogen) atoms. The van der Waals surface area contributed by atoms with Crippen molar-refractivity contribution >= 4 is 0 Å². The Balaban J connectivity index is 3.20. The maximum Gasteiger partial charge on any atom is 0.160 e. The van der Waals surface area contributed by atoms with Crippen molar-refractivity contribution in [3.63, 3.8) is 0 Å². The van der Waals surface area contributed by atoms with Crippen LogP contribution in [-0.4, -0.2) is 10.2 Å².